The lowest BCUT2D eigenvalue weighted by Crippen LogP contribution is -2.07. The first kappa shape index (κ1) is 11.8. The van der Waals surface area contributed by atoms with E-state index in [4.69, 9.17) is 0 Å². The van der Waals surface area contributed by atoms with Crippen molar-refractivity contribution in [2.75, 3.05) is 7.11 Å². The highest BCUT2D eigenvalue weighted by atomic mass is 16.5. The quantitative estimate of drug-likeness (QED) is 0.579. The number of carbonyl (C=O) groups excluding carboxylic acids is 2. The summed E-state index contributed by atoms with van der Waals surface area (Å²) in [6.07, 6.45) is 2.73. The topological polar surface area (TPSA) is 43.4 Å². The van der Waals surface area contributed by atoms with Crippen molar-refractivity contribution >= 4 is 11.8 Å². The van der Waals surface area contributed by atoms with E-state index in [1.165, 1.54) is 20.0 Å². The van der Waals surface area contributed by atoms with Crippen LogP contribution in [0.3, 0.4) is 0 Å². The number of esters is 1. The zero-order valence-corrected chi connectivity index (χ0v) is 9.94. The smallest absolute Gasteiger partial charge is 0.305 e. The van der Waals surface area contributed by atoms with Gasteiger partial charge in [0.05, 0.1) is 13.5 Å². The number of ketones is 1. The number of methoxy groups -OCH3 is 1. The molecular weight excluding hydrogens is 216 g/mol. The molecule has 0 aliphatic heterocycles. The molecular formula is C14H16O3. The summed E-state index contributed by atoms with van der Waals surface area (Å²) < 4.78 is 4.54. The first-order valence-electron chi connectivity index (χ1n) is 5.91. The fourth-order valence-corrected chi connectivity index (χ4v) is 1.95. The Morgan fingerprint density at radius 3 is 2.59 bits per heavy atom. The van der Waals surface area contributed by atoms with Crippen LogP contribution < -0.4 is 0 Å². The third kappa shape index (κ3) is 2.93. The molecule has 1 fully saturated rings. The van der Waals surface area contributed by atoms with E-state index in [1.807, 2.05) is 24.3 Å². The van der Waals surface area contributed by atoms with Crippen molar-refractivity contribution in [1.82, 2.24) is 0 Å². The average Bonchev–Trinajstić information content (AvgIpc) is 3.19. The van der Waals surface area contributed by atoms with Crippen LogP contribution in [0.5, 0.6) is 0 Å². The number of ether oxygens (including phenoxy) is 1. The second-order valence-corrected chi connectivity index (χ2v) is 4.36. The molecule has 0 bridgehead atoms. The summed E-state index contributed by atoms with van der Waals surface area (Å²) in [5.74, 6) is 0.258. The van der Waals surface area contributed by atoms with Gasteiger partial charge in [-0.2, -0.15) is 0 Å². The van der Waals surface area contributed by atoms with Crippen LogP contribution in [0.25, 0.3) is 0 Å². The Balaban J connectivity index is 2.05. The summed E-state index contributed by atoms with van der Waals surface area (Å²) in [5, 5.41) is 0. The van der Waals surface area contributed by atoms with Crippen molar-refractivity contribution in [3.05, 3.63) is 35.4 Å². The molecule has 0 aromatic heterocycles. The van der Waals surface area contributed by atoms with E-state index in [9.17, 15) is 9.59 Å². The Morgan fingerprint density at radius 2 is 1.94 bits per heavy atom. The van der Waals surface area contributed by atoms with Gasteiger partial charge < -0.3 is 4.74 Å². The number of hydrogen-bond donors (Lipinski definition) is 0. The minimum Gasteiger partial charge on any atom is -0.469 e. The van der Waals surface area contributed by atoms with E-state index in [0.29, 0.717) is 5.92 Å². The molecule has 0 unspecified atom stereocenters. The van der Waals surface area contributed by atoms with Gasteiger partial charge in [0.25, 0.3) is 0 Å². The van der Waals surface area contributed by atoms with Crippen molar-refractivity contribution in [3.63, 3.8) is 0 Å². The minimum atomic E-state index is -0.331. The Morgan fingerprint density at radius 1 is 1.24 bits per heavy atom. The molecule has 3 heteroatoms. The van der Waals surface area contributed by atoms with Gasteiger partial charge in [-0.15, -0.1) is 0 Å². The van der Waals surface area contributed by atoms with E-state index < -0.39 is 0 Å². The molecule has 17 heavy (non-hydrogen) atoms. The number of Topliss-reactive ketones (excluding diaryl/α,β-unsaturated/α-hetero) is 1. The first-order chi connectivity index (χ1) is 8.22. The third-order valence-electron chi connectivity index (χ3n) is 3.06. The van der Waals surface area contributed by atoms with Crippen LogP contribution in [0, 0.1) is 0 Å². The summed E-state index contributed by atoms with van der Waals surface area (Å²) >= 11 is 0. The van der Waals surface area contributed by atoms with E-state index in [2.05, 4.69) is 4.74 Å². The molecule has 1 aromatic carbocycles. The maximum atomic E-state index is 12.0. The zero-order chi connectivity index (χ0) is 12.3. The maximum Gasteiger partial charge on any atom is 0.305 e. The second-order valence-electron chi connectivity index (χ2n) is 4.36. The van der Waals surface area contributed by atoms with Gasteiger partial charge in [0.1, 0.15) is 0 Å². The molecule has 0 N–H and O–H groups in total. The summed E-state index contributed by atoms with van der Waals surface area (Å²) in [6.45, 7) is 0. The van der Waals surface area contributed by atoms with Gasteiger partial charge >= 0.3 is 5.97 Å². The van der Waals surface area contributed by atoms with Crippen molar-refractivity contribution in [2.45, 2.75) is 31.6 Å². The fourth-order valence-electron chi connectivity index (χ4n) is 1.95. The molecule has 1 saturated carbocycles. The van der Waals surface area contributed by atoms with E-state index >= 15 is 0 Å². The van der Waals surface area contributed by atoms with E-state index in [0.717, 1.165) is 11.1 Å². The number of benzene rings is 1. The molecule has 1 aromatic rings. The zero-order valence-electron chi connectivity index (χ0n) is 9.94. The van der Waals surface area contributed by atoms with Crippen LogP contribution in [0.1, 0.15) is 47.5 Å². The van der Waals surface area contributed by atoms with Gasteiger partial charge in [-0.25, -0.2) is 0 Å². The molecule has 0 saturated heterocycles. The van der Waals surface area contributed by atoms with Gasteiger partial charge in [-0.05, 0) is 24.3 Å². The number of rotatable bonds is 5. The maximum absolute atomic E-state index is 12.0. The van der Waals surface area contributed by atoms with Gasteiger partial charge in [-0.3, -0.25) is 9.59 Å². The number of hydrogen-bond acceptors (Lipinski definition) is 3. The molecule has 90 valence electrons. The molecule has 0 atom stereocenters. The highest BCUT2D eigenvalue weighted by molar-refractivity contribution is 5.99. The first-order valence-corrected chi connectivity index (χ1v) is 5.91. The summed E-state index contributed by atoms with van der Waals surface area (Å²) in [7, 11) is 1.34. The fraction of sp³-hybridized carbons (Fsp3) is 0.429. The van der Waals surface area contributed by atoms with Crippen LogP contribution in [0.15, 0.2) is 24.3 Å². The average molecular weight is 232 g/mol. The molecule has 0 heterocycles. The van der Waals surface area contributed by atoms with Gasteiger partial charge in [0.2, 0.25) is 0 Å². The SMILES string of the molecule is COC(=O)CCC(=O)c1ccccc1C1CC1. The molecule has 1 aliphatic carbocycles. The van der Waals surface area contributed by atoms with Crippen molar-refractivity contribution in [3.8, 4) is 0 Å². The molecule has 0 amide bonds. The molecule has 0 radical (unpaired) electrons. The Kier molecular flexibility index (Phi) is 3.57. The highest BCUT2D eigenvalue weighted by Crippen LogP contribution is 2.41. The Labute approximate surface area is 101 Å². The van der Waals surface area contributed by atoms with Crippen LogP contribution in [0.2, 0.25) is 0 Å². The third-order valence-corrected chi connectivity index (χ3v) is 3.06. The Hall–Kier alpha value is -1.64. The molecule has 0 spiro atoms. The predicted molar refractivity (Wildman–Crippen MR) is 64.0 cm³/mol. The molecule has 2 rings (SSSR count). The summed E-state index contributed by atoms with van der Waals surface area (Å²) in [6, 6.07) is 7.71. The predicted octanol–water partition coefficient (Wildman–Crippen LogP) is 2.70. The lowest BCUT2D eigenvalue weighted by atomic mass is 9.97. The summed E-state index contributed by atoms with van der Waals surface area (Å²) in [5.41, 5.74) is 1.92. The Bertz CT molecular complexity index is 433. The largest absolute Gasteiger partial charge is 0.469 e. The standard InChI is InChI=1S/C14H16O3/c1-17-14(16)9-8-13(15)12-5-3-2-4-11(12)10-6-7-10/h2-5,10H,6-9H2,1H3. The second kappa shape index (κ2) is 5.13. The van der Waals surface area contributed by atoms with Gasteiger partial charge in [-0.1, -0.05) is 24.3 Å². The molecule has 1 aliphatic rings. The monoisotopic (exact) mass is 232 g/mol. The highest BCUT2D eigenvalue weighted by Gasteiger charge is 2.27. The summed E-state index contributed by atoms with van der Waals surface area (Å²) in [4.78, 5) is 23.0. The van der Waals surface area contributed by atoms with Gasteiger partial charge in [0.15, 0.2) is 5.78 Å². The lowest BCUT2D eigenvalue weighted by molar-refractivity contribution is -0.140. The van der Waals surface area contributed by atoms with E-state index in [1.54, 1.807) is 0 Å². The lowest BCUT2D eigenvalue weighted by Gasteiger charge is -2.06. The van der Waals surface area contributed by atoms with Crippen molar-refractivity contribution in [1.29, 1.82) is 0 Å². The van der Waals surface area contributed by atoms with Gasteiger partial charge in [0, 0.05) is 12.0 Å². The number of carbonyl (C=O) groups is 2. The molecule has 3 nitrogen and oxygen atoms in total. The van der Waals surface area contributed by atoms with Crippen LogP contribution in [-0.2, 0) is 9.53 Å². The normalized spacial score (nSPS) is 14.4. The van der Waals surface area contributed by atoms with Crippen LogP contribution in [0.4, 0.5) is 0 Å². The van der Waals surface area contributed by atoms with Crippen molar-refractivity contribution < 1.29 is 14.3 Å². The van der Waals surface area contributed by atoms with E-state index in [-0.39, 0.29) is 24.6 Å². The van der Waals surface area contributed by atoms with Crippen LogP contribution in [-0.4, -0.2) is 18.9 Å². The minimum absolute atomic E-state index is 0.0397. The van der Waals surface area contributed by atoms with Crippen LogP contribution >= 0.6 is 0 Å². The van der Waals surface area contributed by atoms with Crippen molar-refractivity contribution in [2.24, 2.45) is 0 Å².